The fraction of sp³-hybridized carbons (Fsp3) is 0.0625. The molecule has 3 aromatic rings. The molecule has 3 nitrogen and oxygen atoms in total. The highest BCUT2D eigenvalue weighted by Gasteiger charge is 2.14. The molecule has 0 atom stereocenters. The molecule has 1 aromatic heterocycles. The standard InChI is InChI=1S/C16H11Cl2F2N3S2/c17-10-2-1-3-11(19)9(10)6-21-12-4-5-13(16(20)15(12)18)25-23-14-7-24-8-22-14/h1-5,7-8,21,23H,6H2. The number of aromatic nitrogens is 1. The lowest BCUT2D eigenvalue weighted by Crippen LogP contribution is -2.04. The highest BCUT2D eigenvalue weighted by molar-refractivity contribution is 8.00. The Labute approximate surface area is 161 Å². The lowest BCUT2D eigenvalue weighted by Gasteiger charge is -2.13. The van der Waals surface area contributed by atoms with E-state index in [1.165, 1.54) is 23.5 Å². The molecule has 2 aromatic carbocycles. The van der Waals surface area contributed by atoms with Crippen molar-refractivity contribution in [3.63, 3.8) is 0 Å². The SMILES string of the molecule is Fc1cccc(Cl)c1CNc1ccc(SNc2cscn2)c(F)c1Cl. The summed E-state index contributed by atoms with van der Waals surface area (Å²) in [5.74, 6) is -0.364. The van der Waals surface area contributed by atoms with Gasteiger partial charge in [-0.25, -0.2) is 13.8 Å². The van der Waals surface area contributed by atoms with E-state index >= 15 is 0 Å². The smallest absolute Gasteiger partial charge is 0.159 e. The minimum absolute atomic E-state index is 0.0717. The zero-order valence-corrected chi connectivity index (χ0v) is 15.7. The van der Waals surface area contributed by atoms with Crippen LogP contribution in [0.15, 0.2) is 46.1 Å². The lowest BCUT2D eigenvalue weighted by atomic mass is 10.2. The second-order valence-corrected chi connectivity index (χ2v) is 7.22. The van der Waals surface area contributed by atoms with E-state index < -0.39 is 11.6 Å². The van der Waals surface area contributed by atoms with E-state index in [9.17, 15) is 8.78 Å². The van der Waals surface area contributed by atoms with Gasteiger partial charge in [-0.2, -0.15) is 0 Å². The van der Waals surface area contributed by atoms with Crippen molar-refractivity contribution >= 4 is 58.0 Å². The van der Waals surface area contributed by atoms with Crippen LogP contribution >= 0.6 is 46.5 Å². The molecule has 0 aliphatic carbocycles. The number of halogens is 4. The molecule has 0 saturated carbocycles. The predicted molar refractivity (Wildman–Crippen MR) is 102 cm³/mol. The Morgan fingerprint density at radius 3 is 2.72 bits per heavy atom. The van der Waals surface area contributed by atoms with Crippen molar-refractivity contribution in [2.45, 2.75) is 11.4 Å². The first-order valence-corrected chi connectivity index (χ1v) is 9.53. The average Bonchev–Trinajstić information content (AvgIpc) is 3.10. The van der Waals surface area contributed by atoms with E-state index in [1.54, 1.807) is 29.1 Å². The Morgan fingerprint density at radius 1 is 1.16 bits per heavy atom. The number of nitrogens with zero attached hydrogens (tertiary/aromatic N) is 1. The maximum atomic E-state index is 14.4. The number of hydrogen-bond donors (Lipinski definition) is 2. The second kappa shape index (κ2) is 8.23. The lowest BCUT2D eigenvalue weighted by molar-refractivity contribution is 0.602. The number of nitrogens with one attached hydrogen (secondary N) is 2. The van der Waals surface area contributed by atoms with Crippen LogP contribution in [0.3, 0.4) is 0 Å². The second-order valence-electron chi connectivity index (χ2n) is 4.87. The minimum atomic E-state index is -0.570. The summed E-state index contributed by atoms with van der Waals surface area (Å²) >= 11 is 14.6. The maximum Gasteiger partial charge on any atom is 0.159 e. The van der Waals surface area contributed by atoms with E-state index in [2.05, 4.69) is 15.0 Å². The van der Waals surface area contributed by atoms with Gasteiger partial charge in [0.25, 0.3) is 0 Å². The molecule has 25 heavy (non-hydrogen) atoms. The molecule has 0 unspecified atom stereocenters. The van der Waals surface area contributed by atoms with Gasteiger partial charge in [-0.3, -0.25) is 0 Å². The molecule has 0 aliphatic rings. The summed E-state index contributed by atoms with van der Waals surface area (Å²) in [5.41, 5.74) is 2.33. The summed E-state index contributed by atoms with van der Waals surface area (Å²) in [4.78, 5) is 4.38. The minimum Gasteiger partial charge on any atom is -0.380 e. The van der Waals surface area contributed by atoms with Gasteiger partial charge in [-0.15, -0.1) is 11.3 Å². The molecule has 0 fully saturated rings. The highest BCUT2D eigenvalue weighted by atomic mass is 35.5. The summed E-state index contributed by atoms with van der Waals surface area (Å²) in [5, 5.41) is 4.94. The third kappa shape index (κ3) is 4.36. The molecule has 9 heteroatoms. The van der Waals surface area contributed by atoms with Gasteiger partial charge in [0.15, 0.2) is 5.82 Å². The molecule has 0 spiro atoms. The fourth-order valence-electron chi connectivity index (χ4n) is 2.00. The molecule has 0 amide bonds. The van der Waals surface area contributed by atoms with Gasteiger partial charge in [0.2, 0.25) is 0 Å². The van der Waals surface area contributed by atoms with Gasteiger partial charge < -0.3 is 10.0 Å². The molecular weight excluding hydrogens is 407 g/mol. The average molecular weight is 418 g/mol. The van der Waals surface area contributed by atoms with E-state index in [0.29, 0.717) is 27.0 Å². The molecule has 130 valence electrons. The number of anilines is 2. The van der Waals surface area contributed by atoms with Crippen molar-refractivity contribution in [2.75, 3.05) is 10.0 Å². The number of thiazole rings is 1. The van der Waals surface area contributed by atoms with Crippen LogP contribution in [0.5, 0.6) is 0 Å². The molecular formula is C16H11Cl2F2N3S2. The third-order valence-electron chi connectivity index (χ3n) is 3.26. The number of rotatable bonds is 6. The predicted octanol–water partition coefficient (Wildman–Crippen LogP) is 6.46. The Balaban J connectivity index is 1.71. The van der Waals surface area contributed by atoms with Gasteiger partial charge >= 0.3 is 0 Å². The number of hydrogen-bond acceptors (Lipinski definition) is 5. The van der Waals surface area contributed by atoms with Crippen molar-refractivity contribution in [3.8, 4) is 0 Å². The molecule has 0 aliphatic heterocycles. The first kappa shape index (κ1) is 18.3. The Kier molecular flexibility index (Phi) is 6.01. The maximum absolute atomic E-state index is 14.4. The van der Waals surface area contributed by atoms with Crippen LogP contribution in [0.2, 0.25) is 10.0 Å². The fourth-order valence-corrected chi connectivity index (χ4v) is 3.73. The van der Waals surface area contributed by atoms with Gasteiger partial charge in [-0.05, 0) is 36.2 Å². The zero-order valence-electron chi connectivity index (χ0n) is 12.5. The summed E-state index contributed by atoms with van der Waals surface area (Å²) in [6, 6.07) is 7.64. The van der Waals surface area contributed by atoms with E-state index in [1.807, 2.05) is 0 Å². The van der Waals surface area contributed by atoms with E-state index in [4.69, 9.17) is 23.2 Å². The normalized spacial score (nSPS) is 10.7. The molecule has 0 saturated heterocycles. The molecule has 0 bridgehead atoms. The molecule has 2 N–H and O–H groups in total. The highest BCUT2D eigenvalue weighted by Crippen LogP contribution is 2.33. The summed E-state index contributed by atoms with van der Waals surface area (Å²) in [6.07, 6.45) is 0. The Bertz CT molecular complexity index is 856. The Hall–Kier alpha value is -1.54. The van der Waals surface area contributed by atoms with Crippen LogP contribution < -0.4 is 10.0 Å². The quantitative estimate of drug-likeness (QED) is 0.451. The van der Waals surface area contributed by atoms with Crippen LogP contribution in [-0.2, 0) is 6.54 Å². The van der Waals surface area contributed by atoms with Crippen molar-refractivity contribution in [3.05, 3.63) is 68.5 Å². The largest absolute Gasteiger partial charge is 0.380 e. The first-order chi connectivity index (χ1) is 12.1. The monoisotopic (exact) mass is 417 g/mol. The van der Waals surface area contributed by atoms with Crippen molar-refractivity contribution in [1.82, 2.24) is 4.98 Å². The third-order valence-corrected chi connectivity index (χ3v) is 5.42. The van der Waals surface area contributed by atoms with Crippen LogP contribution in [0, 0.1) is 11.6 Å². The van der Waals surface area contributed by atoms with E-state index in [0.717, 1.165) is 11.9 Å². The molecule has 3 rings (SSSR count). The summed E-state index contributed by atoms with van der Waals surface area (Å²) in [7, 11) is 0. The molecule has 0 radical (unpaired) electrons. The number of benzene rings is 2. The van der Waals surface area contributed by atoms with Crippen molar-refractivity contribution in [2.24, 2.45) is 0 Å². The van der Waals surface area contributed by atoms with Crippen LogP contribution in [0.25, 0.3) is 0 Å². The van der Waals surface area contributed by atoms with Gasteiger partial charge in [0, 0.05) is 22.5 Å². The van der Waals surface area contributed by atoms with Gasteiger partial charge in [0.05, 0.1) is 16.1 Å². The first-order valence-electron chi connectivity index (χ1n) is 7.02. The summed E-state index contributed by atoms with van der Waals surface area (Å²) < 4.78 is 31.1. The zero-order chi connectivity index (χ0) is 17.8. The topological polar surface area (TPSA) is 37.0 Å². The van der Waals surface area contributed by atoms with Crippen LogP contribution in [0.1, 0.15) is 5.56 Å². The Morgan fingerprint density at radius 2 is 2.00 bits per heavy atom. The summed E-state index contributed by atoms with van der Waals surface area (Å²) in [6.45, 7) is 0.0915. The van der Waals surface area contributed by atoms with Crippen LogP contribution in [-0.4, -0.2) is 4.98 Å². The van der Waals surface area contributed by atoms with E-state index in [-0.39, 0.29) is 11.6 Å². The molecule has 1 heterocycles. The van der Waals surface area contributed by atoms with Gasteiger partial charge in [0.1, 0.15) is 16.7 Å². The van der Waals surface area contributed by atoms with Gasteiger partial charge in [-0.1, -0.05) is 29.3 Å². The van der Waals surface area contributed by atoms with Crippen molar-refractivity contribution in [1.29, 1.82) is 0 Å². The van der Waals surface area contributed by atoms with Crippen LogP contribution in [0.4, 0.5) is 20.3 Å². The van der Waals surface area contributed by atoms with Crippen molar-refractivity contribution < 1.29 is 8.78 Å².